The molecule has 0 spiro atoms. The van der Waals surface area contributed by atoms with Crippen LogP contribution < -0.4 is 5.73 Å². The summed E-state index contributed by atoms with van der Waals surface area (Å²) in [5.74, 6) is 0.944. The molecule has 0 aliphatic carbocycles. The molecule has 20 heavy (non-hydrogen) atoms. The van der Waals surface area contributed by atoms with Crippen LogP contribution in [0.5, 0.6) is 0 Å². The second-order valence-corrected chi connectivity index (χ2v) is 5.19. The van der Waals surface area contributed by atoms with E-state index >= 15 is 0 Å². The van der Waals surface area contributed by atoms with Gasteiger partial charge in [-0.2, -0.15) is 4.98 Å². The summed E-state index contributed by atoms with van der Waals surface area (Å²) >= 11 is 0. The highest BCUT2D eigenvalue weighted by Crippen LogP contribution is 2.37. The van der Waals surface area contributed by atoms with E-state index in [1.165, 1.54) is 0 Å². The first kappa shape index (κ1) is 13.0. The lowest BCUT2D eigenvalue weighted by Crippen LogP contribution is -2.15. The lowest BCUT2D eigenvalue weighted by Gasteiger charge is -2.24. The molecule has 3 N–H and O–H groups in total. The summed E-state index contributed by atoms with van der Waals surface area (Å²) in [6, 6.07) is 5.70. The maximum atomic E-state index is 10.7. The van der Waals surface area contributed by atoms with Crippen molar-refractivity contribution in [3.8, 4) is 0 Å². The Morgan fingerprint density at radius 1 is 1.35 bits per heavy atom. The molecule has 1 aliphatic heterocycles. The summed E-state index contributed by atoms with van der Waals surface area (Å²) in [5.41, 5.74) is 7.30. The minimum absolute atomic E-state index is 0.181. The number of nitrogens with two attached hydrogens (primary N) is 1. The summed E-state index contributed by atoms with van der Waals surface area (Å²) in [7, 11) is 0. The molecule has 1 aromatic heterocycles. The van der Waals surface area contributed by atoms with Gasteiger partial charge in [-0.25, -0.2) is 9.98 Å². The Morgan fingerprint density at radius 3 is 3.00 bits per heavy atom. The van der Waals surface area contributed by atoms with E-state index in [0.29, 0.717) is 5.82 Å². The van der Waals surface area contributed by atoms with Crippen LogP contribution in [0.2, 0.25) is 0 Å². The monoisotopic (exact) mass is 270 g/mol. The van der Waals surface area contributed by atoms with Gasteiger partial charge < -0.3 is 10.8 Å². The molecule has 2 heterocycles. The normalized spacial score (nSPS) is 21.7. The van der Waals surface area contributed by atoms with Crippen molar-refractivity contribution < 1.29 is 5.11 Å². The highest BCUT2D eigenvalue weighted by atomic mass is 16.3. The van der Waals surface area contributed by atoms with Crippen molar-refractivity contribution in [3.63, 3.8) is 0 Å². The molecule has 0 fully saturated rings. The van der Waals surface area contributed by atoms with E-state index in [0.717, 1.165) is 35.7 Å². The van der Waals surface area contributed by atoms with Crippen molar-refractivity contribution in [2.75, 3.05) is 5.73 Å². The molecule has 5 nitrogen and oxygen atoms in total. The highest BCUT2D eigenvalue weighted by molar-refractivity contribution is 5.93. The zero-order chi connectivity index (χ0) is 14.1. The quantitative estimate of drug-likeness (QED) is 0.878. The SMILES string of the molecule is CCCC1CC=Nc2nc(N)nc3cccc(c23)C1O. The van der Waals surface area contributed by atoms with Gasteiger partial charge in [-0.05, 0) is 30.4 Å². The first-order valence-electron chi connectivity index (χ1n) is 6.97. The molecule has 1 aliphatic rings. The maximum absolute atomic E-state index is 10.7. The largest absolute Gasteiger partial charge is 0.388 e. The molecule has 0 amide bonds. The van der Waals surface area contributed by atoms with Crippen molar-refractivity contribution in [2.24, 2.45) is 10.9 Å². The summed E-state index contributed by atoms with van der Waals surface area (Å²) in [6.07, 6.45) is 4.07. The van der Waals surface area contributed by atoms with E-state index in [9.17, 15) is 5.11 Å². The molecule has 104 valence electrons. The Hall–Kier alpha value is -2.01. The first-order chi connectivity index (χ1) is 9.70. The summed E-state index contributed by atoms with van der Waals surface area (Å²) < 4.78 is 0. The molecule has 1 aromatic carbocycles. The van der Waals surface area contributed by atoms with Gasteiger partial charge in [-0.1, -0.05) is 25.5 Å². The van der Waals surface area contributed by atoms with Gasteiger partial charge in [-0.15, -0.1) is 0 Å². The lowest BCUT2D eigenvalue weighted by molar-refractivity contribution is 0.108. The summed E-state index contributed by atoms with van der Waals surface area (Å²) in [6.45, 7) is 2.13. The fourth-order valence-electron chi connectivity index (χ4n) is 2.85. The second-order valence-electron chi connectivity index (χ2n) is 5.19. The smallest absolute Gasteiger partial charge is 0.222 e. The van der Waals surface area contributed by atoms with Gasteiger partial charge in [0.15, 0.2) is 5.82 Å². The maximum Gasteiger partial charge on any atom is 0.222 e. The average Bonchev–Trinajstić information content (AvgIpc) is 2.43. The Morgan fingerprint density at radius 2 is 2.20 bits per heavy atom. The van der Waals surface area contributed by atoms with Crippen LogP contribution in [0.25, 0.3) is 10.9 Å². The third-order valence-corrected chi connectivity index (χ3v) is 3.80. The van der Waals surface area contributed by atoms with E-state index in [1.54, 1.807) is 0 Å². The number of hydrogen-bond donors (Lipinski definition) is 2. The molecule has 2 unspecified atom stereocenters. The summed E-state index contributed by atoms with van der Waals surface area (Å²) in [5, 5.41) is 11.5. The molecule has 2 atom stereocenters. The van der Waals surface area contributed by atoms with Gasteiger partial charge in [0.25, 0.3) is 0 Å². The van der Waals surface area contributed by atoms with Crippen LogP contribution in [0.15, 0.2) is 23.2 Å². The van der Waals surface area contributed by atoms with Crippen LogP contribution in [-0.4, -0.2) is 21.3 Å². The van der Waals surface area contributed by atoms with Gasteiger partial charge >= 0.3 is 0 Å². The molecule has 5 heteroatoms. The predicted molar refractivity (Wildman–Crippen MR) is 80.1 cm³/mol. The van der Waals surface area contributed by atoms with Crippen LogP contribution >= 0.6 is 0 Å². The number of aromatic nitrogens is 2. The summed E-state index contributed by atoms with van der Waals surface area (Å²) in [4.78, 5) is 12.9. The van der Waals surface area contributed by atoms with E-state index in [1.807, 2.05) is 24.4 Å². The molecule has 3 rings (SSSR count). The zero-order valence-electron chi connectivity index (χ0n) is 11.5. The predicted octanol–water partition coefficient (Wildman–Crippen LogP) is 2.77. The van der Waals surface area contributed by atoms with Crippen LogP contribution in [0, 0.1) is 5.92 Å². The Kier molecular flexibility index (Phi) is 3.36. The number of nitrogen functional groups attached to an aromatic ring is 1. The van der Waals surface area contributed by atoms with E-state index in [4.69, 9.17) is 5.73 Å². The fourth-order valence-corrected chi connectivity index (χ4v) is 2.85. The molecule has 0 bridgehead atoms. The fraction of sp³-hybridized carbons (Fsp3) is 0.400. The van der Waals surface area contributed by atoms with Gasteiger partial charge in [0.05, 0.1) is 17.0 Å². The van der Waals surface area contributed by atoms with E-state index in [-0.39, 0.29) is 11.9 Å². The second kappa shape index (κ2) is 5.17. The highest BCUT2D eigenvalue weighted by Gasteiger charge is 2.24. The molecule has 0 radical (unpaired) electrons. The third-order valence-electron chi connectivity index (χ3n) is 3.80. The van der Waals surface area contributed by atoms with Crippen molar-refractivity contribution in [3.05, 3.63) is 23.8 Å². The topological polar surface area (TPSA) is 84.4 Å². The lowest BCUT2D eigenvalue weighted by atomic mass is 9.87. The molecule has 2 aromatic rings. The molecule has 0 saturated heterocycles. The Balaban J connectivity index is 2.24. The minimum Gasteiger partial charge on any atom is -0.388 e. The van der Waals surface area contributed by atoms with Crippen LogP contribution in [0.3, 0.4) is 0 Å². The van der Waals surface area contributed by atoms with Gasteiger partial charge in [0.1, 0.15) is 0 Å². The van der Waals surface area contributed by atoms with Crippen molar-refractivity contribution in [1.82, 2.24) is 9.97 Å². The number of nitrogens with zero attached hydrogens (tertiary/aromatic N) is 3. The minimum atomic E-state index is -0.517. The number of rotatable bonds is 2. The average molecular weight is 270 g/mol. The number of hydrogen-bond acceptors (Lipinski definition) is 5. The number of benzene rings is 1. The van der Waals surface area contributed by atoms with E-state index < -0.39 is 6.10 Å². The number of anilines is 1. The number of aliphatic hydroxyl groups excluding tert-OH is 1. The van der Waals surface area contributed by atoms with Gasteiger partial charge in [-0.3, -0.25) is 0 Å². The number of aliphatic imine (C=N–C) groups is 1. The van der Waals surface area contributed by atoms with Crippen molar-refractivity contribution in [1.29, 1.82) is 0 Å². The van der Waals surface area contributed by atoms with Crippen molar-refractivity contribution in [2.45, 2.75) is 32.3 Å². The van der Waals surface area contributed by atoms with Crippen molar-refractivity contribution >= 4 is 28.9 Å². The standard InChI is InChI=1S/C15H18N4O/c1-2-4-9-7-8-17-14-12-10(13(9)20)5-3-6-11(12)18-15(16)19-14/h3,5-6,8-9,13,20H,2,4,7H2,1H3,(H2,16,18,19). The molecular weight excluding hydrogens is 252 g/mol. The Labute approximate surface area is 117 Å². The van der Waals surface area contributed by atoms with Gasteiger partial charge in [0, 0.05) is 6.21 Å². The van der Waals surface area contributed by atoms with Crippen LogP contribution in [0.1, 0.15) is 37.9 Å². The van der Waals surface area contributed by atoms with Crippen LogP contribution in [0.4, 0.5) is 11.8 Å². The molecule has 0 saturated carbocycles. The first-order valence-corrected chi connectivity index (χ1v) is 6.97. The van der Waals surface area contributed by atoms with E-state index in [2.05, 4.69) is 21.9 Å². The number of aliphatic hydroxyl groups is 1. The zero-order valence-corrected chi connectivity index (χ0v) is 11.5. The third kappa shape index (κ3) is 2.14. The molecular formula is C15H18N4O. The Bertz CT molecular complexity index is 668. The van der Waals surface area contributed by atoms with Gasteiger partial charge in [0.2, 0.25) is 5.95 Å². The van der Waals surface area contributed by atoms with Crippen LogP contribution in [-0.2, 0) is 0 Å².